The zero-order chi connectivity index (χ0) is 16.7. The van der Waals surface area contributed by atoms with Gasteiger partial charge in [-0.05, 0) is 42.5 Å². The number of benzene rings is 2. The predicted octanol–water partition coefficient (Wildman–Crippen LogP) is 2.62. The van der Waals surface area contributed by atoms with Gasteiger partial charge in [0.05, 0.1) is 19.9 Å². The summed E-state index contributed by atoms with van der Waals surface area (Å²) in [5, 5.41) is 16.8. The number of hydrazone groups is 1. The van der Waals surface area contributed by atoms with Crippen molar-refractivity contribution in [1.29, 1.82) is 0 Å². The number of phenols is 1. The predicted molar refractivity (Wildman–Crippen MR) is 90.3 cm³/mol. The first-order valence-corrected chi connectivity index (χ1v) is 7.14. The largest absolute Gasteiger partial charge is 0.507 e. The molecule has 0 heterocycles. The Labute approximate surface area is 138 Å². The fourth-order valence-corrected chi connectivity index (χ4v) is 1.91. The average Bonchev–Trinajstić information content (AvgIpc) is 2.56. The lowest BCUT2D eigenvalue weighted by molar-refractivity contribution is -0.119. The highest BCUT2D eigenvalue weighted by atomic mass is 35.5. The van der Waals surface area contributed by atoms with E-state index in [0.29, 0.717) is 10.6 Å². The highest BCUT2D eigenvalue weighted by molar-refractivity contribution is 6.30. The molecule has 0 saturated heterocycles. The Morgan fingerprint density at radius 1 is 1.30 bits per heavy atom. The fourth-order valence-electron chi connectivity index (χ4n) is 1.73. The second-order valence-electron chi connectivity index (χ2n) is 4.58. The van der Waals surface area contributed by atoms with Gasteiger partial charge in [0.25, 0.3) is 5.91 Å². The van der Waals surface area contributed by atoms with Crippen molar-refractivity contribution in [3.63, 3.8) is 0 Å². The van der Waals surface area contributed by atoms with Crippen LogP contribution in [0.15, 0.2) is 47.6 Å². The van der Waals surface area contributed by atoms with Gasteiger partial charge in [-0.2, -0.15) is 5.10 Å². The van der Waals surface area contributed by atoms with Crippen molar-refractivity contribution in [2.45, 2.75) is 0 Å². The minimum absolute atomic E-state index is 0.0313. The molecule has 3 N–H and O–H groups in total. The smallest absolute Gasteiger partial charge is 0.259 e. The van der Waals surface area contributed by atoms with E-state index in [4.69, 9.17) is 16.3 Å². The maximum atomic E-state index is 11.7. The van der Waals surface area contributed by atoms with Gasteiger partial charge in [0.2, 0.25) is 0 Å². The van der Waals surface area contributed by atoms with E-state index in [9.17, 15) is 9.90 Å². The minimum atomic E-state index is -0.321. The highest BCUT2D eigenvalue weighted by Gasteiger charge is 2.01. The number of halogens is 1. The van der Waals surface area contributed by atoms with E-state index in [1.807, 2.05) is 0 Å². The number of amides is 1. The average molecular weight is 334 g/mol. The summed E-state index contributed by atoms with van der Waals surface area (Å²) in [5.74, 6) is 0.452. The molecule has 0 aliphatic carbocycles. The highest BCUT2D eigenvalue weighted by Crippen LogP contribution is 2.19. The Hall–Kier alpha value is -2.73. The molecule has 7 heteroatoms. The maximum Gasteiger partial charge on any atom is 0.259 e. The first-order valence-electron chi connectivity index (χ1n) is 6.77. The molecule has 0 spiro atoms. The normalized spacial score (nSPS) is 10.5. The van der Waals surface area contributed by atoms with Crippen LogP contribution in [-0.4, -0.2) is 30.9 Å². The number of hydrogen-bond acceptors (Lipinski definition) is 5. The van der Waals surface area contributed by atoms with Crippen LogP contribution in [-0.2, 0) is 4.79 Å². The monoisotopic (exact) mass is 333 g/mol. The summed E-state index contributed by atoms with van der Waals surface area (Å²) in [6.45, 7) is 0.0607. The van der Waals surface area contributed by atoms with Crippen LogP contribution in [0.2, 0.25) is 5.02 Å². The van der Waals surface area contributed by atoms with Crippen molar-refractivity contribution in [2.75, 3.05) is 19.0 Å². The number of carbonyl (C=O) groups excluding carboxylic acids is 1. The number of aromatic hydroxyl groups is 1. The van der Waals surface area contributed by atoms with E-state index in [-0.39, 0.29) is 18.2 Å². The molecule has 0 aliphatic rings. The molecule has 120 valence electrons. The van der Waals surface area contributed by atoms with Gasteiger partial charge in [-0.3, -0.25) is 4.79 Å². The van der Waals surface area contributed by atoms with Gasteiger partial charge in [-0.25, -0.2) is 5.43 Å². The molecule has 0 unspecified atom stereocenters. The molecular formula is C16H16ClN3O3. The summed E-state index contributed by atoms with van der Waals surface area (Å²) in [4.78, 5) is 11.7. The first-order chi connectivity index (χ1) is 11.1. The molecule has 6 nitrogen and oxygen atoms in total. The number of rotatable bonds is 6. The summed E-state index contributed by atoms with van der Waals surface area (Å²) in [5.41, 5.74) is 3.57. The van der Waals surface area contributed by atoms with Crippen molar-refractivity contribution in [1.82, 2.24) is 5.43 Å². The van der Waals surface area contributed by atoms with Crippen LogP contribution in [0.5, 0.6) is 11.5 Å². The molecule has 2 aromatic carbocycles. The molecule has 2 aromatic rings. The lowest BCUT2D eigenvalue weighted by Gasteiger charge is -2.06. The molecular weight excluding hydrogens is 318 g/mol. The number of methoxy groups -OCH3 is 1. The molecule has 0 radical (unpaired) electrons. The van der Waals surface area contributed by atoms with E-state index in [2.05, 4.69) is 15.8 Å². The second kappa shape index (κ2) is 8.05. The van der Waals surface area contributed by atoms with Crippen molar-refractivity contribution in [3.8, 4) is 11.5 Å². The molecule has 0 aromatic heterocycles. The second-order valence-corrected chi connectivity index (χ2v) is 5.01. The molecule has 2 rings (SSSR count). The SMILES string of the molecule is COc1ccc(NCC(=O)N/N=C\c2cc(Cl)ccc2O)cc1. The first kappa shape index (κ1) is 16.6. The van der Waals surface area contributed by atoms with Crippen LogP contribution in [0.4, 0.5) is 5.69 Å². The molecule has 0 bridgehead atoms. The number of nitrogens with one attached hydrogen (secondary N) is 2. The Morgan fingerprint density at radius 3 is 2.74 bits per heavy atom. The molecule has 1 amide bonds. The molecule has 0 saturated carbocycles. The van der Waals surface area contributed by atoms with Crippen molar-refractivity contribution < 1.29 is 14.6 Å². The Morgan fingerprint density at radius 2 is 2.04 bits per heavy atom. The molecule has 0 atom stereocenters. The maximum absolute atomic E-state index is 11.7. The third-order valence-electron chi connectivity index (χ3n) is 2.93. The van der Waals surface area contributed by atoms with E-state index in [0.717, 1.165) is 11.4 Å². The van der Waals surface area contributed by atoms with Crippen LogP contribution < -0.4 is 15.5 Å². The van der Waals surface area contributed by atoms with E-state index >= 15 is 0 Å². The summed E-state index contributed by atoms with van der Waals surface area (Å²) < 4.78 is 5.05. The van der Waals surface area contributed by atoms with Crippen LogP contribution in [0.3, 0.4) is 0 Å². The number of hydrogen-bond donors (Lipinski definition) is 3. The number of phenolic OH excluding ortho intramolecular Hbond substituents is 1. The van der Waals surface area contributed by atoms with Gasteiger partial charge in [0.1, 0.15) is 11.5 Å². The number of nitrogens with zero attached hydrogens (tertiary/aromatic N) is 1. The van der Waals surface area contributed by atoms with Gasteiger partial charge < -0.3 is 15.2 Å². The van der Waals surface area contributed by atoms with Gasteiger partial charge in [-0.1, -0.05) is 11.6 Å². The zero-order valence-electron chi connectivity index (χ0n) is 12.4. The standard InChI is InChI=1S/C16H16ClN3O3/c1-23-14-5-3-13(4-6-14)18-10-16(22)20-19-9-11-8-12(17)2-7-15(11)21/h2-9,18,21H,10H2,1H3,(H,20,22)/b19-9-. The zero-order valence-corrected chi connectivity index (χ0v) is 13.2. The van der Waals surface area contributed by atoms with Gasteiger partial charge in [-0.15, -0.1) is 0 Å². The summed E-state index contributed by atoms with van der Waals surface area (Å²) in [6.07, 6.45) is 1.33. The van der Waals surface area contributed by atoms with Crippen LogP contribution in [0.1, 0.15) is 5.56 Å². The molecule has 0 fully saturated rings. The van der Waals surface area contributed by atoms with Crippen LogP contribution in [0.25, 0.3) is 0 Å². The Bertz CT molecular complexity index is 702. The third-order valence-corrected chi connectivity index (χ3v) is 3.16. The number of carbonyl (C=O) groups is 1. The van der Waals surface area contributed by atoms with Gasteiger partial charge in [0.15, 0.2) is 0 Å². The summed E-state index contributed by atoms with van der Waals surface area (Å²) in [6, 6.07) is 11.8. The quantitative estimate of drug-likeness (QED) is 0.560. The van der Waals surface area contributed by atoms with Gasteiger partial charge >= 0.3 is 0 Å². The number of anilines is 1. The van der Waals surface area contributed by atoms with E-state index in [1.165, 1.54) is 12.3 Å². The van der Waals surface area contributed by atoms with Crippen LogP contribution >= 0.6 is 11.6 Å². The van der Waals surface area contributed by atoms with Crippen LogP contribution in [0, 0.1) is 0 Å². The molecule has 0 aliphatic heterocycles. The number of ether oxygens (including phenoxy) is 1. The topological polar surface area (TPSA) is 83.0 Å². The Balaban J connectivity index is 1.82. The van der Waals surface area contributed by atoms with Crippen molar-refractivity contribution in [2.24, 2.45) is 5.10 Å². The minimum Gasteiger partial charge on any atom is -0.507 e. The fraction of sp³-hybridized carbons (Fsp3) is 0.125. The van der Waals surface area contributed by atoms with Crippen molar-refractivity contribution in [3.05, 3.63) is 53.1 Å². The summed E-state index contributed by atoms with van der Waals surface area (Å²) in [7, 11) is 1.59. The van der Waals surface area contributed by atoms with E-state index < -0.39 is 0 Å². The summed E-state index contributed by atoms with van der Waals surface area (Å²) >= 11 is 5.82. The third kappa shape index (κ3) is 5.19. The van der Waals surface area contributed by atoms with E-state index in [1.54, 1.807) is 43.5 Å². The van der Waals surface area contributed by atoms with Gasteiger partial charge in [0, 0.05) is 16.3 Å². The Kier molecular flexibility index (Phi) is 5.82. The van der Waals surface area contributed by atoms with Crippen molar-refractivity contribution >= 4 is 29.4 Å². The lowest BCUT2D eigenvalue weighted by Crippen LogP contribution is -2.25. The lowest BCUT2D eigenvalue weighted by atomic mass is 10.2. The molecule has 23 heavy (non-hydrogen) atoms.